The van der Waals surface area contributed by atoms with Crippen molar-refractivity contribution in [3.63, 3.8) is 0 Å². The summed E-state index contributed by atoms with van der Waals surface area (Å²) in [5.41, 5.74) is 0.824. The fourth-order valence-corrected chi connectivity index (χ4v) is 1.42. The van der Waals surface area contributed by atoms with Gasteiger partial charge in [0.1, 0.15) is 6.54 Å². The Balaban J connectivity index is 2.49. The zero-order valence-corrected chi connectivity index (χ0v) is 11.5. The highest BCUT2D eigenvalue weighted by molar-refractivity contribution is 5.79. The molecule has 0 radical (unpaired) electrons. The van der Waals surface area contributed by atoms with E-state index in [0.29, 0.717) is 18.3 Å². The smallest absolute Gasteiger partial charge is 0.359 e. The average Bonchev–Trinajstić information content (AvgIpc) is 2.82. The highest BCUT2D eigenvalue weighted by atomic mass is 19.4. The zero-order valence-electron chi connectivity index (χ0n) is 11.5. The first-order chi connectivity index (χ1) is 9.44. The van der Waals surface area contributed by atoms with Gasteiger partial charge in [-0.15, -0.1) is 0 Å². The topological polar surface area (TPSA) is 62.5 Å². The van der Waals surface area contributed by atoms with Crippen LogP contribution in [0.4, 0.5) is 13.2 Å². The lowest BCUT2D eigenvalue weighted by molar-refractivity contribution is -0.132. The lowest BCUT2D eigenvalue weighted by Crippen LogP contribution is -2.38. The summed E-state index contributed by atoms with van der Waals surface area (Å²) in [6.07, 6.45) is -4.32. The molecule has 0 atom stereocenters. The maximum absolute atomic E-state index is 12.1. The van der Waals surface area contributed by atoms with E-state index < -0.39 is 12.6 Å². The number of guanidine groups is 1. The van der Waals surface area contributed by atoms with Crippen LogP contribution < -0.4 is 10.6 Å². The molecule has 114 valence electrons. The summed E-state index contributed by atoms with van der Waals surface area (Å²) in [4.78, 5) is 4.14. The van der Waals surface area contributed by atoms with Crippen molar-refractivity contribution < 1.29 is 17.7 Å². The average molecular weight is 292 g/mol. The molecule has 20 heavy (non-hydrogen) atoms. The van der Waals surface area contributed by atoms with Crippen molar-refractivity contribution in [3.8, 4) is 0 Å². The van der Waals surface area contributed by atoms with Crippen LogP contribution in [0, 0.1) is 0 Å². The molecule has 1 aromatic rings. The molecule has 1 rings (SSSR count). The molecular formula is C12H19F3N4O. The van der Waals surface area contributed by atoms with Gasteiger partial charge in [-0.1, -0.05) is 12.1 Å². The quantitative estimate of drug-likeness (QED) is 0.623. The molecule has 5 nitrogen and oxygen atoms in total. The number of aryl methyl sites for hydroxylation is 1. The van der Waals surface area contributed by atoms with Gasteiger partial charge in [0.05, 0.1) is 12.1 Å². The molecular weight excluding hydrogens is 273 g/mol. The Kier molecular flexibility index (Phi) is 6.33. The summed E-state index contributed by atoms with van der Waals surface area (Å²) in [6, 6.07) is 1.78. The second-order valence-electron chi connectivity index (χ2n) is 4.13. The number of rotatable bonds is 6. The second-order valence-corrected chi connectivity index (χ2v) is 4.13. The Morgan fingerprint density at radius 1 is 1.35 bits per heavy atom. The Hall–Kier alpha value is -1.73. The molecule has 0 bridgehead atoms. The van der Waals surface area contributed by atoms with Crippen LogP contribution >= 0.6 is 0 Å². The van der Waals surface area contributed by atoms with E-state index in [-0.39, 0.29) is 13.1 Å². The normalized spacial score (nSPS) is 12.6. The van der Waals surface area contributed by atoms with Crippen LogP contribution in [-0.2, 0) is 13.0 Å². The van der Waals surface area contributed by atoms with Crippen LogP contribution in [0.15, 0.2) is 15.6 Å². The van der Waals surface area contributed by atoms with E-state index in [4.69, 9.17) is 4.52 Å². The van der Waals surface area contributed by atoms with E-state index in [1.165, 1.54) is 0 Å². The molecule has 0 unspecified atom stereocenters. The van der Waals surface area contributed by atoms with E-state index in [0.717, 1.165) is 12.1 Å². The summed E-state index contributed by atoms with van der Waals surface area (Å²) >= 11 is 0. The molecule has 0 spiro atoms. The standard InChI is InChI=1S/C12H19F3N4O/c1-3-9-7-10(20-19-9)8-18-11(16-4-2)17-6-5-12(13,14)15/h7H,3-6,8H2,1-2H3,(H2,16,17,18). The van der Waals surface area contributed by atoms with Gasteiger partial charge < -0.3 is 15.2 Å². The Bertz CT molecular complexity index is 429. The van der Waals surface area contributed by atoms with Crippen molar-refractivity contribution in [1.29, 1.82) is 0 Å². The number of hydrogen-bond acceptors (Lipinski definition) is 3. The van der Waals surface area contributed by atoms with Crippen LogP contribution in [0.2, 0.25) is 0 Å². The second kappa shape index (κ2) is 7.76. The predicted octanol–water partition coefficient (Wildman–Crippen LogP) is 2.24. The number of nitrogens with zero attached hydrogens (tertiary/aromatic N) is 2. The van der Waals surface area contributed by atoms with Gasteiger partial charge in [-0.25, -0.2) is 4.99 Å². The van der Waals surface area contributed by atoms with Gasteiger partial charge in [-0.3, -0.25) is 0 Å². The van der Waals surface area contributed by atoms with Gasteiger partial charge in [0, 0.05) is 19.2 Å². The van der Waals surface area contributed by atoms with Crippen molar-refractivity contribution in [2.45, 2.75) is 39.4 Å². The first kappa shape index (κ1) is 16.3. The fraction of sp³-hybridized carbons (Fsp3) is 0.667. The van der Waals surface area contributed by atoms with Crippen molar-refractivity contribution in [2.24, 2.45) is 4.99 Å². The zero-order chi connectivity index (χ0) is 15.0. The van der Waals surface area contributed by atoms with Crippen molar-refractivity contribution in [3.05, 3.63) is 17.5 Å². The van der Waals surface area contributed by atoms with Crippen molar-refractivity contribution in [1.82, 2.24) is 15.8 Å². The van der Waals surface area contributed by atoms with Crippen LogP contribution in [0.5, 0.6) is 0 Å². The van der Waals surface area contributed by atoms with Crippen LogP contribution in [0.1, 0.15) is 31.7 Å². The molecule has 1 heterocycles. The summed E-state index contributed by atoms with van der Waals surface area (Å²) in [5, 5.41) is 9.31. The number of aromatic nitrogens is 1. The van der Waals surface area contributed by atoms with Gasteiger partial charge in [-0.2, -0.15) is 13.2 Å². The molecule has 0 saturated carbocycles. The lowest BCUT2D eigenvalue weighted by Gasteiger charge is -2.11. The molecule has 1 aromatic heterocycles. The number of hydrogen-bond donors (Lipinski definition) is 2. The number of aliphatic imine (C=N–C) groups is 1. The molecule has 0 saturated heterocycles. The summed E-state index contributed by atoms with van der Waals surface area (Å²) in [6.45, 7) is 4.37. The van der Waals surface area contributed by atoms with Crippen molar-refractivity contribution in [2.75, 3.05) is 13.1 Å². The van der Waals surface area contributed by atoms with Gasteiger partial charge in [0.15, 0.2) is 11.7 Å². The van der Waals surface area contributed by atoms with E-state index in [2.05, 4.69) is 20.8 Å². The maximum Gasteiger partial charge on any atom is 0.390 e. The summed E-state index contributed by atoms with van der Waals surface area (Å²) in [7, 11) is 0. The van der Waals surface area contributed by atoms with Crippen LogP contribution in [0.25, 0.3) is 0 Å². The predicted molar refractivity (Wildman–Crippen MR) is 69.4 cm³/mol. The minimum atomic E-state index is -4.18. The third-order valence-electron chi connectivity index (χ3n) is 2.41. The highest BCUT2D eigenvalue weighted by Crippen LogP contribution is 2.18. The number of alkyl halides is 3. The van der Waals surface area contributed by atoms with Gasteiger partial charge in [-0.05, 0) is 13.3 Å². The van der Waals surface area contributed by atoms with E-state index >= 15 is 0 Å². The first-order valence-corrected chi connectivity index (χ1v) is 6.48. The number of halogens is 3. The molecule has 2 N–H and O–H groups in total. The van der Waals surface area contributed by atoms with Crippen molar-refractivity contribution >= 4 is 5.96 Å². The largest absolute Gasteiger partial charge is 0.390 e. The molecule has 0 fully saturated rings. The Morgan fingerprint density at radius 3 is 2.65 bits per heavy atom. The maximum atomic E-state index is 12.1. The third kappa shape index (κ3) is 6.44. The highest BCUT2D eigenvalue weighted by Gasteiger charge is 2.26. The SMILES string of the molecule is CCNC(=NCc1cc(CC)no1)NCCC(F)(F)F. The number of nitrogens with one attached hydrogen (secondary N) is 2. The summed E-state index contributed by atoms with van der Waals surface area (Å²) < 4.78 is 41.2. The first-order valence-electron chi connectivity index (χ1n) is 6.48. The van der Waals surface area contributed by atoms with Crippen LogP contribution in [-0.4, -0.2) is 30.4 Å². The van der Waals surface area contributed by atoms with E-state index in [1.807, 2.05) is 13.8 Å². The fourth-order valence-electron chi connectivity index (χ4n) is 1.42. The van der Waals surface area contributed by atoms with Gasteiger partial charge >= 0.3 is 6.18 Å². The van der Waals surface area contributed by atoms with Gasteiger partial charge in [0.2, 0.25) is 0 Å². The summed E-state index contributed by atoms with van der Waals surface area (Å²) in [5.74, 6) is 0.904. The van der Waals surface area contributed by atoms with Gasteiger partial charge in [0.25, 0.3) is 0 Å². The molecule has 0 amide bonds. The third-order valence-corrected chi connectivity index (χ3v) is 2.41. The minimum Gasteiger partial charge on any atom is -0.359 e. The Morgan fingerprint density at radius 2 is 2.10 bits per heavy atom. The van der Waals surface area contributed by atoms with E-state index in [9.17, 15) is 13.2 Å². The Labute approximate surface area is 115 Å². The molecule has 0 aromatic carbocycles. The molecule has 0 aliphatic carbocycles. The lowest BCUT2D eigenvalue weighted by atomic mass is 10.3. The molecule has 0 aliphatic rings. The molecule has 8 heteroatoms. The molecule has 0 aliphatic heterocycles. The minimum absolute atomic E-state index is 0.216. The van der Waals surface area contributed by atoms with E-state index in [1.54, 1.807) is 6.07 Å². The van der Waals surface area contributed by atoms with Crippen LogP contribution in [0.3, 0.4) is 0 Å². The monoisotopic (exact) mass is 292 g/mol.